The Bertz CT molecular complexity index is 328. The molecule has 0 aliphatic carbocycles. The highest BCUT2D eigenvalue weighted by Gasteiger charge is 2.31. The van der Waals surface area contributed by atoms with Gasteiger partial charge in [-0.25, -0.2) is 14.4 Å². The molecule has 0 heterocycles. The van der Waals surface area contributed by atoms with Crippen molar-refractivity contribution in [3.05, 3.63) is 12.2 Å². The van der Waals surface area contributed by atoms with Crippen molar-refractivity contribution in [1.82, 2.24) is 0 Å². The van der Waals surface area contributed by atoms with Crippen molar-refractivity contribution in [2.24, 2.45) is 0 Å². The van der Waals surface area contributed by atoms with Gasteiger partial charge < -0.3 is 14.6 Å². The molecule has 0 rings (SSSR count). The molecule has 0 bridgehead atoms. The summed E-state index contributed by atoms with van der Waals surface area (Å²) >= 11 is 0. The van der Waals surface area contributed by atoms with Crippen LogP contribution < -0.4 is 0 Å². The van der Waals surface area contributed by atoms with Crippen molar-refractivity contribution in [3.8, 4) is 0 Å². The van der Waals surface area contributed by atoms with Gasteiger partial charge in [0.05, 0.1) is 0 Å². The summed E-state index contributed by atoms with van der Waals surface area (Å²) in [4.78, 5) is 32.6. The molecule has 0 aromatic carbocycles. The van der Waals surface area contributed by atoms with Gasteiger partial charge in [0.1, 0.15) is 0 Å². The highest BCUT2D eigenvalue weighted by Crippen LogP contribution is 2.09. The predicted molar refractivity (Wildman–Crippen MR) is 53.6 cm³/mol. The van der Waals surface area contributed by atoms with Gasteiger partial charge in [-0.2, -0.15) is 0 Å². The number of carboxylic acids is 1. The average molecular weight is 230 g/mol. The summed E-state index contributed by atoms with van der Waals surface area (Å²) in [6.45, 7) is 6.54. The Morgan fingerprint density at radius 2 is 1.81 bits per heavy atom. The summed E-state index contributed by atoms with van der Waals surface area (Å²) in [5.41, 5.74) is -1.50. The van der Waals surface area contributed by atoms with E-state index in [0.29, 0.717) is 0 Å². The van der Waals surface area contributed by atoms with E-state index in [-0.39, 0.29) is 5.57 Å². The Balaban J connectivity index is 4.16. The molecule has 0 unspecified atom stereocenters. The third-order valence-electron chi connectivity index (χ3n) is 1.55. The van der Waals surface area contributed by atoms with E-state index in [1.54, 1.807) is 0 Å². The number of hydrogen-bond acceptors (Lipinski definition) is 5. The van der Waals surface area contributed by atoms with E-state index < -0.39 is 30.1 Å². The van der Waals surface area contributed by atoms with Gasteiger partial charge in [0.25, 0.3) is 0 Å². The maximum atomic E-state index is 11.1. The molecule has 0 aliphatic rings. The lowest BCUT2D eigenvalue weighted by Crippen LogP contribution is -2.38. The van der Waals surface area contributed by atoms with Gasteiger partial charge in [-0.05, 0) is 20.8 Å². The monoisotopic (exact) mass is 230 g/mol. The Hall–Kier alpha value is -1.85. The summed E-state index contributed by atoms with van der Waals surface area (Å²) in [6, 6.07) is 0. The second-order valence-electron chi connectivity index (χ2n) is 3.65. The van der Waals surface area contributed by atoms with Gasteiger partial charge in [-0.1, -0.05) is 6.58 Å². The van der Waals surface area contributed by atoms with E-state index in [0.717, 1.165) is 0 Å². The second-order valence-corrected chi connectivity index (χ2v) is 3.65. The van der Waals surface area contributed by atoms with Gasteiger partial charge in [-0.3, -0.25) is 0 Å². The fraction of sp³-hybridized carbons (Fsp3) is 0.500. The number of esters is 2. The van der Waals surface area contributed by atoms with Crippen molar-refractivity contribution < 1.29 is 29.0 Å². The molecule has 16 heavy (non-hydrogen) atoms. The van der Waals surface area contributed by atoms with E-state index in [4.69, 9.17) is 5.11 Å². The van der Waals surface area contributed by atoms with Crippen LogP contribution in [0.25, 0.3) is 0 Å². The molecule has 0 spiro atoms. The van der Waals surface area contributed by atoms with Gasteiger partial charge in [-0.15, -0.1) is 0 Å². The maximum absolute atomic E-state index is 11.1. The number of ether oxygens (including phenoxy) is 2. The minimum Gasteiger partial charge on any atom is -0.478 e. The van der Waals surface area contributed by atoms with Gasteiger partial charge in [0.15, 0.2) is 6.61 Å². The summed E-state index contributed by atoms with van der Waals surface area (Å²) in [7, 11) is 0. The number of hydrogen-bond donors (Lipinski definition) is 1. The maximum Gasteiger partial charge on any atom is 0.347 e. The molecule has 0 atom stereocenters. The highest BCUT2D eigenvalue weighted by molar-refractivity contribution is 5.89. The first kappa shape index (κ1) is 14.2. The van der Waals surface area contributed by atoms with E-state index in [1.165, 1.54) is 20.8 Å². The third-order valence-corrected chi connectivity index (χ3v) is 1.55. The number of rotatable bonds is 5. The molecule has 0 aromatic heterocycles. The van der Waals surface area contributed by atoms with E-state index in [1.807, 2.05) is 0 Å². The van der Waals surface area contributed by atoms with Crippen molar-refractivity contribution in [1.29, 1.82) is 0 Å². The van der Waals surface area contributed by atoms with Crippen LogP contribution >= 0.6 is 0 Å². The lowest BCUT2D eigenvalue weighted by molar-refractivity contribution is -0.178. The largest absolute Gasteiger partial charge is 0.478 e. The average Bonchev–Trinajstić information content (AvgIpc) is 2.12. The molecule has 0 saturated heterocycles. The molecule has 6 heteroatoms. The molecule has 0 aromatic rings. The van der Waals surface area contributed by atoms with Crippen molar-refractivity contribution in [2.75, 3.05) is 6.61 Å². The molecule has 1 N–H and O–H groups in total. The van der Waals surface area contributed by atoms with Crippen LogP contribution in [0.15, 0.2) is 12.2 Å². The normalized spacial score (nSPS) is 10.4. The number of aliphatic carboxylic acids is 1. The standard InChI is InChI=1S/C10H14O6/c1-6(2)8(12)15-5-7(11)16-10(3,4)9(13)14/h1,5H2,2-4H3,(H,13,14). The van der Waals surface area contributed by atoms with Crippen LogP contribution in [0.4, 0.5) is 0 Å². The Morgan fingerprint density at radius 1 is 1.31 bits per heavy atom. The van der Waals surface area contributed by atoms with Crippen LogP contribution in [0, 0.1) is 0 Å². The molecule has 0 fully saturated rings. The summed E-state index contributed by atoms with van der Waals surface area (Å²) in [5.74, 6) is -2.95. The van der Waals surface area contributed by atoms with Gasteiger partial charge in [0, 0.05) is 5.57 Å². The van der Waals surface area contributed by atoms with Crippen LogP contribution in [-0.4, -0.2) is 35.2 Å². The molecule has 0 radical (unpaired) electrons. The molecular weight excluding hydrogens is 216 g/mol. The zero-order chi connectivity index (χ0) is 12.9. The van der Waals surface area contributed by atoms with Crippen LogP contribution in [-0.2, 0) is 23.9 Å². The Kier molecular flexibility index (Phi) is 4.68. The molecule has 0 saturated carbocycles. The third kappa shape index (κ3) is 4.59. The first-order valence-electron chi connectivity index (χ1n) is 4.44. The summed E-state index contributed by atoms with van der Waals surface area (Å²) < 4.78 is 9.07. The van der Waals surface area contributed by atoms with Crippen molar-refractivity contribution >= 4 is 17.9 Å². The SMILES string of the molecule is C=C(C)C(=O)OCC(=O)OC(C)(C)C(=O)O. The first-order valence-corrected chi connectivity index (χ1v) is 4.44. The van der Waals surface area contributed by atoms with E-state index in [9.17, 15) is 14.4 Å². The quantitative estimate of drug-likeness (QED) is 0.546. The zero-order valence-corrected chi connectivity index (χ0v) is 9.40. The van der Waals surface area contributed by atoms with Gasteiger partial charge >= 0.3 is 17.9 Å². The van der Waals surface area contributed by atoms with Crippen LogP contribution in [0.1, 0.15) is 20.8 Å². The van der Waals surface area contributed by atoms with Crippen molar-refractivity contribution in [3.63, 3.8) is 0 Å². The van der Waals surface area contributed by atoms with Gasteiger partial charge in [0.2, 0.25) is 5.60 Å². The lowest BCUT2D eigenvalue weighted by Gasteiger charge is -2.19. The second kappa shape index (κ2) is 5.29. The number of carbonyl (C=O) groups excluding carboxylic acids is 2. The van der Waals surface area contributed by atoms with Crippen LogP contribution in [0.5, 0.6) is 0 Å². The Labute approximate surface area is 92.8 Å². The van der Waals surface area contributed by atoms with E-state index in [2.05, 4.69) is 16.1 Å². The Morgan fingerprint density at radius 3 is 2.19 bits per heavy atom. The molecular formula is C10H14O6. The molecule has 90 valence electrons. The fourth-order valence-electron chi connectivity index (χ4n) is 0.605. The van der Waals surface area contributed by atoms with Crippen molar-refractivity contribution in [2.45, 2.75) is 26.4 Å². The summed E-state index contributed by atoms with van der Waals surface area (Å²) in [5, 5.41) is 8.66. The topological polar surface area (TPSA) is 89.9 Å². The number of carboxylic acid groups (broad SMARTS) is 1. The van der Waals surface area contributed by atoms with Crippen LogP contribution in [0.2, 0.25) is 0 Å². The first-order chi connectivity index (χ1) is 7.16. The lowest BCUT2D eigenvalue weighted by atomic mass is 10.1. The molecule has 0 amide bonds. The minimum atomic E-state index is -1.65. The minimum absolute atomic E-state index is 0.144. The predicted octanol–water partition coefficient (Wildman–Crippen LogP) is 0.512. The zero-order valence-electron chi connectivity index (χ0n) is 9.40. The number of carbonyl (C=O) groups is 3. The highest BCUT2D eigenvalue weighted by atomic mass is 16.6. The summed E-state index contributed by atoms with van der Waals surface area (Å²) in [6.07, 6.45) is 0. The van der Waals surface area contributed by atoms with Crippen LogP contribution in [0.3, 0.4) is 0 Å². The fourth-order valence-corrected chi connectivity index (χ4v) is 0.605. The molecule has 0 aliphatic heterocycles. The molecule has 6 nitrogen and oxygen atoms in total. The smallest absolute Gasteiger partial charge is 0.347 e. The van der Waals surface area contributed by atoms with E-state index >= 15 is 0 Å².